The summed E-state index contributed by atoms with van der Waals surface area (Å²) < 4.78 is 3.10. The molecular formula is C16H22BrN3. The predicted molar refractivity (Wildman–Crippen MR) is 87.1 cm³/mol. The van der Waals surface area contributed by atoms with Crippen molar-refractivity contribution in [1.29, 1.82) is 0 Å². The van der Waals surface area contributed by atoms with Crippen LogP contribution in [0.2, 0.25) is 0 Å². The van der Waals surface area contributed by atoms with Gasteiger partial charge in [0.15, 0.2) is 0 Å². The zero-order chi connectivity index (χ0) is 14.7. The Bertz CT molecular complexity index is 572. The van der Waals surface area contributed by atoms with Gasteiger partial charge in [-0.05, 0) is 48.8 Å². The lowest BCUT2D eigenvalue weighted by atomic mass is 10.0. The fourth-order valence-electron chi connectivity index (χ4n) is 2.42. The predicted octanol–water partition coefficient (Wildman–Crippen LogP) is 3.17. The molecule has 1 aromatic carbocycles. The van der Waals surface area contributed by atoms with Gasteiger partial charge in [0.05, 0.1) is 15.9 Å². The van der Waals surface area contributed by atoms with E-state index in [0.717, 1.165) is 23.0 Å². The quantitative estimate of drug-likeness (QED) is 0.909. The van der Waals surface area contributed by atoms with Crippen molar-refractivity contribution in [3.05, 3.63) is 51.3 Å². The van der Waals surface area contributed by atoms with Gasteiger partial charge in [0.25, 0.3) is 0 Å². The Balaban J connectivity index is 2.11. The number of halogens is 1. The molecule has 0 amide bonds. The summed E-state index contributed by atoms with van der Waals surface area (Å²) in [5, 5.41) is 7.87. The molecule has 0 saturated carbocycles. The van der Waals surface area contributed by atoms with E-state index in [1.54, 1.807) is 0 Å². The van der Waals surface area contributed by atoms with Gasteiger partial charge in [0.2, 0.25) is 0 Å². The molecule has 0 radical (unpaired) electrons. The number of aryl methyl sites for hydroxylation is 3. The molecule has 4 heteroatoms. The number of rotatable bonds is 5. The van der Waals surface area contributed by atoms with Crippen molar-refractivity contribution in [1.82, 2.24) is 15.1 Å². The summed E-state index contributed by atoms with van der Waals surface area (Å²) in [6.07, 6.45) is 1.98. The van der Waals surface area contributed by atoms with Gasteiger partial charge >= 0.3 is 0 Å². The number of hydrogen-bond donors (Lipinski definition) is 1. The van der Waals surface area contributed by atoms with Crippen LogP contribution in [0.3, 0.4) is 0 Å². The van der Waals surface area contributed by atoms with Crippen LogP contribution in [0.4, 0.5) is 0 Å². The van der Waals surface area contributed by atoms with Crippen molar-refractivity contribution < 1.29 is 0 Å². The third-order valence-electron chi connectivity index (χ3n) is 3.71. The van der Waals surface area contributed by atoms with Crippen LogP contribution in [0.1, 0.15) is 22.5 Å². The van der Waals surface area contributed by atoms with E-state index in [-0.39, 0.29) is 0 Å². The fourth-order valence-corrected chi connectivity index (χ4v) is 2.92. The molecule has 0 aliphatic carbocycles. The van der Waals surface area contributed by atoms with Crippen molar-refractivity contribution in [3.8, 4) is 0 Å². The number of nitrogens with zero attached hydrogens (tertiary/aromatic N) is 2. The smallest absolute Gasteiger partial charge is 0.0738 e. The lowest BCUT2D eigenvalue weighted by molar-refractivity contribution is 0.532. The first-order valence-electron chi connectivity index (χ1n) is 6.92. The van der Waals surface area contributed by atoms with Gasteiger partial charge in [-0.15, -0.1) is 0 Å². The summed E-state index contributed by atoms with van der Waals surface area (Å²) in [5.74, 6) is 0. The Morgan fingerprint density at radius 2 is 1.85 bits per heavy atom. The SMILES string of the molecule is CNC(Cc1ccc(C)cc1)Cc1c(Br)c(C)nn1C. The number of nitrogens with one attached hydrogen (secondary N) is 1. The molecule has 3 nitrogen and oxygen atoms in total. The maximum absolute atomic E-state index is 4.46. The van der Waals surface area contributed by atoms with E-state index >= 15 is 0 Å². The molecule has 0 saturated heterocycles. The average Bonchev–Trinajstić information content (AvgIpc) is 2.66. The van der Waals surface area contributed by atoms with E-state index in [0.29, 0.717) is 6.04 Å². The Kier molecular flexibility index (Phi) is 5.00. The van der Waals surface area contributed by atoms with Crippen LogP contribution < -0.4 is 5.32 Å². The Hall–Kier alpha value is -1.13. The van der Waals surface area contributed by atoms with E-state index < -0.39 is 0 Å². The highest BCUT2D eigenvalue weighted by Crippen LogP contribution is 2.22. The molecule has 1 unspecified atom stereocenters. The second-order valence-electron chi connectivity index (χ2n) is 5.35. The van der Waals surface area contributed by atoms with Crippen molar-refractivity contribution >= 4 is 15.9 Å². The van der Waals surface area contributed by atoms with E-state index in [1.165, 1.54) is 16.8 Å². The third kappa shape index (κ3) is 3.49. The van der Waals surface area contributed by atoms with E-state index in [2.05, 4.69) is 57.5 Å². The molecule has 2 aromatic rings. The van der Waals surface area contributed by atoms with Crippen LogP contribution in [0.5, 0.6) is 0 Å². The van der Waals surface area contributed by atoms with Gasteiger partial charge in [-0.2, -0.15) is 5.10 Å². The Morgan fingerprint density at radius 3 is 2.35 bits per heavy atom. The van der Waals surface area contributed by atoms with Crippen LogP contribution in [0, 0.1) is 13.8 Å². The highest BCUT2D eigenvalue weighted by Gasteiger charge is 2.16. The first-order chi connectivity index (χ1) is 9.51. The van der Waals surface area contributed by atoms with Crippen molar-refractivity contribution in [3.63, 3.8) is 0 Å². The Labute approximate surface area is 129 Å². The second kappa shape index (κ2) is 6.55. The summed E-state index contributed by atoms with van der Waals surface area (Å²) in [4.78, 5) is 0. The van der Waals surface area contributed by atoms with E-state index in [4.69, 9.17) is 0 Å². The first-order valence-corrected chi connectivity index (χ1v) is 7.71. The molecule has 1 heterocycles. The summed E-state index contributed by atoms with van der Waals surface area (Å²) in [7, 11) is 4.03. The minimum Gasteiger partial charge on any atom is -0.316 e. The lowest BCUT2D eigenvalue weighted by Gasteiger charge is -2.17. The van der Waals surface area contributed by atoms with Crippen molar-refractivity contribution in [2.75, 3.05) is 7.05 Å². The average molecular weight is 336 g/mol. The number of likely N-dealkylation sites (N-methyl/N-ethyl adjacent to an activating group) is 1. The molecule has 1 N–H and O–H groups in total. The maximum atomic E-state index is 4.46. The van der Waals surface area contributed by atoms with E-state index in [1.807, 2.05) is 25.7 Å². The summed E-state index contributed by atoms with van der Waals surface area (Å²) in [6.45, 7) is 4.15. The van der Waals surface area contributed by atoms with Crippen LogP contribution in [-0.2, 0) is 19.9 Å². The molecule has 0 aliphatic rings. The van der Waals surface area contributed by atoms with Gasteiger partial charge in [0.1, 0.15) is 0 Å². The van der Waals surface area contributed by atoms with Crippen molar-refractivity contribution in [2.24, 2.45) is 7.05 Å². The highest BCUT2D eigenvalue weighted by atomic mass is 79.9. The molecule has 0 aliphatic heterocycles. The molecule has 2 rings (SSSR count). The van der Waals surface area contributed by atoms with E-state index in [9.17, 15) is 0 Å². The van der Waals surface area contributed by atoms with Gasteiger partial charge in [0, 0.05) is 19.5 Å². The standard InChI is InChI=1S/C16H22BrN3/c1-11-5-7-13(8-6-11)9-14(18-3)10-15-16(17)12(2)19-20(15)4/h5-8,14,18H,9-10H2,1-4H3. The first kappa shape index (κ1) is 15.3. The summed E-state index contributed by atoms with van der Waals surface area (Å²) in [5.41, 5.74) is 4.96. The zero-order valence-electron chi connectivity index (χ0n) is 12.6. The van der Waals surface area contributed by atoms with Crippen LogP contribution in [0.25, 0.3) is 0 Å². The lowest BCUT2D eigenvalue weighted by Crippen LogP contribution is -2.30. The van der Waals surface area contributed by atoms with Crippen LogP contribution in [-0.4, -0.2) is 22.9 Å². The molecule has 20 heavy (non-hydrogen) atoms. The van der Waals surface area contributed by atoms with Gasteiger partial charge in [-0.25, -0.2) is 0 Å². The monoisotopic (exact) mass is 335 g/mol. The second-order valence-corrected chi connectivity index (χ2v) is 6.14. The number of benzene rings is 1. The number of hydrogen-bond acceptors (Lipinski definition) is 2. The molecule has 0 spiro atoms. The third-order valence-corrected chi connectivity index (χ3v) is 4.74. The van der Waals surface area contributed by atoms with Gasteiger partial charge < -0.3 is 5.32 Å². The minimum atomic E-state index is 0.406. The molecule has 1 aromatic heterocycles. The Morgan fingerprint density at radius 1 is 1.20 bits per heavy atom. The molecule has 108 valence electrons. The minimum absolute atomic E-state index is 0.406. The summed E-state index contributed by atoms with van der Waals surface area (Å²) >= 11 is 3.64. The van der Waals surface area contributed by atoms with Gasteiger partial charge in [-0.3, -0.25) is 4.68 Å². The molecule has 0 fully saturated rings. The molecule has 1 atom stereocenters. The molecule has 0 bridgehead atoms. The highest BCUT2D eigenvalue weighted by molar-refractivity contribution is 9.10. The maximum Gasteiger partial charge on any atom is 0.0738 e. The largest absolute Gasteiger partial charge is 0.316 e. The van der Waals surface area contributed by atoms with Crippen molar-refractivity contribution in [2.45, 2.75) is 32.7 Å². The van der Waals surface area contributed by atoms with Crippen LogP contribution in [0.15, 0.2) is 28.7 Å². The number of aromatic nitrogens is 2. The summed E-state index contributed by atoms with van der Waals surface area (Å²) in [6, 6.07) is 9.17. The normalized spacial score (nSPS) is 12.7. The fraction of sp³-hybridized carbons (Fsp3) is 0.438. The molecular weight excluding hydrogens is 314 g/mol. The van der Waals surface area contributed by atoms with Crippen LogP contribution >= 0.6 is 15.9 Å². The van der Waals surface area contributed by atoms with Gasteiger partial charge in [-0.1, -0.05) is 29.8 Å². The topological polar surface area (TPSA) is 29.9 Å². The zero-order valence-corrected chi connectivity index (χ0v) is 14.2.